The van der Waals surface area contributed by atoms with Gasteiger partial charge in [0.05, 0.1) is 18.9 Å². The van der Waals surface area contributed by atoms with E-state index in [-0.39, 0.29) is 5.91 Å². The van der Waals surface area contributed by atoms with Crippen molar-refractivity contribution in [3.63, 3.8) is 0 Å². The lowest BCUT2D eigenvalue weighted by molar-refractivity contribution is 0.102. The number of amides is 1. The summed E-state index contributed by atoms with van der Waals surface area (Å²) < 4.78 is 12.8. The Morgan fingerprint density at radius 2 is 1.79 bits per heavy atom. The topological polar surface area (TPSA) is 91.2 Å². The largest absolute Gasteiger partial charge is 0.490 e. The first-order chi connectivity index (χ1) is 13.5. The van der Waals surface area contributed by atoms with Crippen LogP contribution in [-0.4, -0.2) is 38.9 Å². The molecule has 0 fully saturated rings. The molecule has 8 nitrogen and oxygen atoms in total. The highest BCUT2D eigenvalue weighted by molar-refractivity contribution is 6.04. The maximum Gasteiger partial charge on any atom is 0.256 e. The predicted octanol–water partition coefficient (Wildman–Crippen LogP) is 3.33. The minimum absolute atomic E-state index is 0.304. The second-order valence-corrected chi connectivity index (χ2v) is 6.08. The van der Waals surface area contributed by atoms with Gasteiger partial charge in [-0.3, -0.25) is 4.79 Å². The average molecular weight is 381 g/mol. The highest BCUT2D eigenvalue weighted by Crippen LogP contribution is 2.28. The standard InChI is InChI=1S/C20H23N5O3/c1-5-27-16-8-7-15(10-17(16)28-6-2)20(26)23-18-11-19(22-12-21-18)25-14(4)9-13(3)24-25/h7-12H,5-6H2,1-4H3,(H,21,22,23,26). The smallest absolute Gasteiger partial charge is 0.256 e. The number of nitrogens with zero attached hydrogens (tertiary/aromatic N) is 4. The van der Waals surface area contributed by atoms with E-state index in [0.717, 1.165) is 11.4 Å². The fourth-order valence-corrected chi connectivity index (χ4v) is 2.77. The van der Waals surface area contributed by atoms with Crippen molar-refractivity contribution in [3.8, 4) is 17.3 Å². The van der Waals surface area contributed by atoms with Crippen LogP contribution in [0.2, 0.25) is 0 Å². The summed E-state index contributed by atoms with van der Waals surface area (Å²) in [5, 5.41) is 7.19. The van der Waals surface area contributed by atoms with Crippen LogP contribution in [-0.2, 0) is 0 Å². The van der Waals surface area contributed by atoms with Gasteiger partial charge >= 0.3 is 0 Å². The van der Waals surface area contributed by atoms with E-state index in [2.05, 4.69) is 20.4 Å². The lowest BCUT2D eigenvalue weighted by Crippen LogP contribution is -2.14. The summed E-state index contributed by atoms with van der Waals surface area (Å²) in [6.07, 6.45) is 1.39. The number of anilines is 1. The van der Waals surface area contributed by atoms with Crippen LogP contribution in [0.4, 0.5) is 5.82 Å². The number of ether oxygens (including phenoxy) is 2. The highest BCUT2D eigenvalue weighted by Gasteiger charge is 2.13. The number of hydrogen-bond acceptors (Lipinski definition) is 6. The number of benzene rings is 1. The molecule has 0 atom stereocenters. The van der Waals surface area contributed by atoms with Crippen molar-refractivity contribution in [2.45, 2.75) is 27.7 Å². The zero-order chi connectivity index (χ0) is 20.1. The Labute approximate surface area is 163 Å². The second kappa shape index (κ2) is 8.51. The molecule has 146 valence electrons. The lowest BCUT2D eigenvalue weighted by atomic mass is 10.2. The Kier molecular flexibility index (Phi) is 5.88. The van der Waals surface area contributed by atoms with E-state index >= 15 is 0 Å². The van der Waals surface area contributed by atoms with E-state index in [4.69, 9.17) is 9.47 Å². The van der Waals surface area contributed by atoms with Crippen molar-refractivity contribution in [1.82, 2.24) is 19.7 Å². The molecule has 0 unspecified atom stereocenters. The van der Waals surface area contributed by atoms with Crippen LogP contribution in [0.3, 0.4) is 0 Å². The molecule has 0 saturated heterocycles. The van der Waals surface area contributed by atoms with Crippen molar-refractivity contribution >= 4 is 11.7 Å². The van der Waals surface area contributed by atoms with E-state index in [1.165, 1.54) is 6.33 Å². The molecule has 0 aliphatic carbocycles. The molecule has 28 heavy (non-hydrogen) atoms. The van der Waals surface area contributed by atoms with Gasteiger partial charge in [-0.05, 0) is 52.0 Å². The molecule has 0 aliphatic heterocycles. The van der Waals surface area contributed by atoms with Gasteiger partial charge in [-0.1, -0.05) is 0 Å². The Hall–Kier alpha value is -3.42. The van der Waals surface area contributed by atoms with Crippen LogP contribution >= 0.6 is 0 Å². The monoisotopic (exact) mass is 381 g/mol. The Morgan fingerprint density at radius 1 is 1.04 bits per heavy atom. The van der Waals surface area contributed by atoms with E-state index in [9.17, 15) is 4.79 Å². The molecule has 8 heteroatoms. The summed E-state index contributed by atoms with van der Waals surface area (Å²) in [5.74, 6) is 1.80. The summed E-state index contributed by atoms with van der Waals surface area (Å²) >= 11 is 0. The van der Waals surface area contributed by atoms with Crippen LogP contribution < -0.4 is 14.8 Å². The third-order valence-electron chi connectivity index (χ3n) is 3.93. The molecule has 2 heterocycles. The highest BCUT2D eigenvalue weighted by atomic mass is 16.5. The van der Waals surface area contributed by atoms with Gasteiger partial charge in [0, 0.05) is 17.3 Å². The van der Waals surface area contributed by atoms with E-state index in [0.29, 0.717) is 41.9 Å². The number of carbonyl (C=O) groups excluding carboxylic acids is 1. The summed E-state index contributed by atoms with van der Waals surface area (Å²) in [4.78, 5) is 21.0. The van der Waals surface area contributed by atoms with Crippen molar-refractivity contribution in [2.75, 3.05) is 18.5 Å². The van der Waals surface area contributed by atoms with Gasteiger partial charge in [0.15, 0.2) is 17.3 Å². The zero-order valence-corrected chi connectivity index (χ0v) is 16.4. The van der Waals surface area contributed by atoms with Crippen LogP contribution in [0.25, 0.3) is 5.82 Å². The molecule has 0 spiro atoms. The van der Waals surface area contributed by atoms with Crippen molar-refractivity contribution in [3.05, 3.63) is 53.6 Å². The number of aryl methyl sites for hydroxylation is 2. The number of rotatable bonds is 7. The van der Waals surface area contributed by atoms with Gasteiger partial charge < -0.3 is 14.8 Å². The number of aromatic nitrogens is 4. The summed E-state index contributed by atoms with van der Waals surface area (Å²) in [5.41, 5.74) is 2.28. The molecular formula is C20H23N5O3. The van der Waals surface area contributed by atoms with Gasteiger partial charge in [0.2, 0.25) is 0 Å². The quantitative estimate of drug-likeness (QED) is 0.675. The lowest BCUT2D eigenvalue weighted by Gasteiger charge is -2.12. The molecule has 0 radical (unpaired) electrons. The van der Waals surface area contributed by atoms with Crippen molar-refractivity contribution in [2.24, 2.45) is 0 Å². The van der Waals surface area contributed by atoms with Crippen molar-refractivity contribution < 1.29 is 14.3 Å². The molecule has 0 saturated carbocycles. The Bertz CT molecular complexity index is 984. The van der Waals surface area contributed by atoms with Gasteiger partial charge in [0.25, 0.3) is 5.91 Å². The molecule has 0 aliphatic rings. The molecular weight excluding hydrogens is 358 g/mol. The molecule has 1 aromatic carbocycles. The van der Waals surface area contributed by atoms with Crippen molar-refractivity contribution in [1.29, 1.82) is 0 Å². The summed E-state index contributed by atoms with van der Waals surface area (Å²) in [7, 11) is 0. The molecule has 0 bridgehead atoms. The van der Waals surface area contributed by atoms with E-state index in [1.54, 1.807) is 28.9 Å². The average Bonchev–Trinajstić information content (AvgIpc) is 3.02. The van der Waals surface area contributed by atoms with Gasteiger partial charge in [-0.2, -0.15) is 5.10 Å². The third-order valence-corrected chi connectivity index (χ3v) is 3.93. The minimum atomic E-state index is -0.304. The fraction of sp³-hybridized carbons (Fsp3) is 0.300. The maximum absolute atomic E-state index is 12.7. The van der Waals surface area contributed by atoms with E-state index < -0.39 is 0 Å². The number of nitrogens with one attached hydrogen (secondary N) is 1. The minimum Gasteiger partial charge on any atom is -0.490 e. The predicted molar refractivity (Wildman–Crippen MR) is 105 cm³/mol. The fourth-order valence-electron chi connectivity index (χ4n) is 2.77. The van der Waals surface area contributed by atoms with Crippen LogP contribution in [0.1, 0.15) is 35.6 Å². The first-order valence-corrected chi connectivity index (χ1v) is 9.08. The second-order valence-electron chi connectivity index (χ2n) is 6.08. The normalized spacial score (nSPS) is 10.6. The first-order valence-electron chi connectivity index (χ1n) is 9.08. The number of carbonyl (C=O) groups is 1. The van der Waals surface area contributed by atoms with Gasteiger partial charge in [-0.15, -0.1) is 0 Å². The number of hydrogen-bond donors (Lipinski definition) is 1. The first kappa shape index (κ1) is 19.3. The summed E-state index contributed by atoms with van der Waals surface area (Å²) in [6, 6.07) is 8.70. The van der Waals surface area contributed by atoms with Gasteiger partial charge in [0.1, 0.15) is 12.1 Å². The molecule has 2 aromatic heterocycles. The van der Waals surface area contributed by atoms with Gasteiger partial charge in [-0.25, -0.2) is 14.6 Å². The Balaban J connectivity index is 1.82. The molecule has 1 amide bonds. The SMILES string of the molecule is CCOc1ccc(C(=O)Nc2cc(-n3nc(C)cc3C)ncn2)cc1OCC. The molecule has 3 aromatic rings. The third kappa shape index (κ3) is 4.28. The molecule has 3 rings (SSSR count). The summed E-state index contributed by atoms with van der Waals surface area (Å²) in [6.45, 7) is 8.62. The van der Waals surface area contributed by atoms with Crippen LogP contribution in [0.15, 0.2) is 36.7 Å². The zero-order valence-electron chi connectivity index (χ0n) is 16.4. The maximum atomic E-state index is 12.7. The molecule has 1 N–H and O–H groups in total. The Morgan fingerprint density at radius 3 is 2.46 bits per heavy atom. The van der Waals surface area contributed by atoms with Crippen LogP contribution in [0.5, 0.6) is 11.5 Å². The van der Waals surface area contributed by atoms with E-state index in [1.807, 2.05) is 33.8 Å². The van der Waals surface area contributed by atoms with Crippen LogP contribution in [0, 0.1) is 13.8 Å².